The number of aryl methyl sites for hydroxylation is 1. The molecule has 0 bridgehead atoms. The molecule has 3 aromatic heterocycles. The summed E-state index contributed by atoms with van der Waals surface area (Å²) in [5.41, 5.74) is 8.68. The van der Waals surface area contributed by atoms with E-state index in [4.69, 9.17) is 5.73 Å². The van der Waals surface area contributed by atoms with Gasteiger partial charge in [-0.2, -0.15) is 0 Å². The van der Waals surface area contributed by atoms with Gasteiger partial charge in [-0.3, -0.25) is 0 Å². The predicted molar refractivity (Wildman–Crippen MR) is 72.2 cm³/mol. The van der Waals surface area contributed by atoms with E-state index in [-0.39, 0.29) is 5.95 Å². The molecule has 3 rings (SSSR count). The summed E-state index contributed by atoms with van der Waals surface area (Å²) in [7, 11) is 0. The number of hydrogen-bond acceptors (Lipinski definition) is 6. The minimum absolute atomic E-state index is 0.290. The molecule has 0 atom stereocenters. The minimum Gasteiger partial charge on any atom is -0.368 e. The van der Waals surface area contributed by atoms with Gasteiger partial charge in [0, 0.05) is 12.4 Å². The molecule has 0 aromatic carbocycles. The van der Waals surface area contributed by atoms with E-state index in [2.05, 4.69) is 26.9 Å². The monoisotopic (exact) mass is 257 g/mol. The van der Waals surface area contributed by atoms with Gasteiger partial charge in [0.15, 0.2) is 0 Å². The molecule has 3 aromatic rings. The topological polar surface area (TPSA) is 77.6 Å². The summed E-state index contributed by atoms with van der Waals surface area (Å²) in [6, 6.07) is 1.87. The maximum absolute atomic E-state index is 5.64. The molecule has 0 aliphatic rings. The van der Waals surface area contributed by atoms with Gasteiger partial charge in [0.25, 0.3) is 0 Å². The predicted octanol–water partition coefficient (Wildman–Crippen LogP) is 2.29. The van der Waals surface area contributed by atoms with E-state index in [9.17, 15) is 0 Å². The standard InChI is InChI=1S/C12H11N5S/c1-2-7-10-9(5-14-6-16-10)18-11(7)8-3-4-15-12(13)17-8/h3-6H,2H2,1H3,(H2,13,15,17). The van der Waals surface area contributed by atoms with Gasteiger partial charge in [0.05, 0.1) is 20.8 Å². The van der Waals surface area contributed by atoms with Crippen LogP contribution in [0.3, 0.4) is 0 Å². The van der Waals surface area contributed by atoms with Crippen LogP contribution in [-0.4, -0.2) is 19.9 Å². The van der Waals surface area contributed by atoms with E-state index in [0.717, 1.165) is 27.2 Å². The van der Waals surface area contributed by atoms with Crippen molar-refractivity contribution in [2.75, 3.05) is 5.73 Å². The van der Waals surface area contributed by atoms with Gasteiger partial charge >= 0.3 is 0 Å². The molecule has 6 heteroatoms. The van der Waals surface area contributed by atoms with E-state index in [0.29, 0.717) is 0 Å². The molecule has 0 fully saturated rings. The molecule has 2 N–H and O–H groups in total. The third-order valence-electron chi connectivity index (χ3n) is 2.71. The van der Waals surface area contributed by atoms with Gasteiger partial charge in [-0.25, -0.2) is 19.9 Å². The summed E-state index contributed by atoms with van der Waals surface area (Å²) in [5.74, 6) is 0.290. The maximum Gasteiger partial charge on any atom is 0.220 e. The Bertz CT molecular complexity index is 707. The first-order valence-corrected chi connectivity index (χ1v) is 6.41. The third-order valence-corrected chi connectivity index (χ3v) is 3.89. The summed E-state index contributed by atoms with van der Waals surface area (Å²) in [4.78, 5) is 17.7. The first kappa shape index (κ1) is 11.0. The minimum atomic E-state index is 0.290. The van der Waals surface area contributed by atoms with Gasteiger partial charge in [-0.05, 0) is 18.1 Å². The Morgan fingerprint density at radius 3 is 3.00 bits per heavy atom. The molecule has 0 saturated heterocycles. The SMILES string of the molecule is CCc1c(-c2ccnc(N)n2)sc2cncnc12. The number of rotatable bonds is 2. The zero-order valence-electron chi connectivity index (χ0n) is 9.79. The van der Waals surface area contributed by atoms with Crippen molar-refractivity contribution < 1.29 is 0 Å². The average Bonchev–Trinajstić information content (AvgIpc) is 2.77. The van der Waals surface area contributed by atoms with Crippen LogP contribution in [0.5, 0.6) is 0 Å². The second-order valence-corrected chi connectivity index (χ2v) is 4.85. The Morgan fingerprint density at radius 1 is 1.33 bits per heavy atom. The first-order valence-electron chi connectivity index (χ1n) is 5.60. The molecular formula is C12H11N5S. The highest BCUT2D eigenvalue weighted by molar-refractivity contribution is 7.22. The Morgan fingerprint density at radius 2 is 2.22 bits per heavy atom. The second kappa shape index (κ2) is 4.30. The van der Waals surface area contributed by atoms with Crippen molar-refractivity contribution in [3.63, 3.8) is 0 Å². The number of nitrogens with two attached hydrogens (primary N) is 1. The fourth-order valence-electron chi connectivity index (χ4n) is 1.93. The van der Waals surface area contributed by atoms with Crippen LogP contribution in [0.1, 0.15) is 12.5 Å². The van der Waals surface area contributed by atoms with Gasteiger partial charge in [0.2, 0.25) is 5.95 Å². The van der Waals surface area contributed by atoms with Crippen LogP contribution in [0, 0.1) is 0 Å². The number of nitrogens with zero attached hydrogens (tertiary/aromatic N) is 4. The number of nitrogen functional groups attached to an aromatic ring is 1. The number of fused-ring (bicyclic) bond motifs is 1. The molecule has 0 spiro atoms. The normalized spacial score (nSPS) is 10.9. The largest absolute Gasteiger partial charge is 0.368 e. The molecule has 0 aliphatic heterocycles. The average molecular weight is 257 g/mol. The molecule has 3 heterocycles. The Hall–Kier alpha value is -2.08. The quantitative estimate of drug-likeness (QED) is 0.762. The smallest absolute Gasteiger partial charge is 0.220 e. The van der Waals surface area contributed by atoms with Gasteiger partial charge in [-0.1, -0.05) is 6.92 Å². The van der Waals surface area contributed by atoms with Crippen LogP contribution < -0.4 is 5.73 Å². The zero-order valence-corrected chi connectivity index (χ0v) is 10.6. The molecule has 0 aliphatic carbocycles. The highest BCUT2D eigenvalue weighted by Gasteiger charge is 2.14. The number of aromatic nitrogens is 4. The second-order valence-electron chi connectivity index (χ2n) is 3.80. The van der Waals surface area contributed by atoms with Crippen molar-refractivity contribution in [2.45, 2.75) is 13.3 Å². The van der Waals surface area contributed by atoms with E-state index in [1.807, 2.05) is 12.3 Å². The van der Waals surface area contributed by atoms with E-state index < -0.39 is 0 Å². The summed E-state index contributed by atoms with van der Waals surface area (Å²) < 4.78 is 1.07. The molecule has 18 heavy (non-hydrogen) atoms. The lowest BCUT2D eigenvalue weighted by molar-refractivity contribution is 1.13. The summed E-state index contributed by atoms with van der Waals surface area (Å²) in [5, 5.41) is 0. The van der Waals surface area contributed by atoms with Crippen molar-refractivity contribution in [1.82, 2.24) is 19.9 Å². The van der Waals surface area contributed by atoms with Crippen molar-refractivity contribution >= 4 is 27.5 Å². The van der Waals surface area contributed by atoms with Crippen molar-refractivity contribution in [3.05, 3.63) is 30.4 Å². The fraction of sp³-hybridized carbons (Fsp3) is 0.167. The van der Waals surface area contributed by atoms with Gasteiger partial charge in [-0.15, -0.1) is 11.3 Å². The van der Waals surface area contributed by atoms with E-state index in [1.165, 1.54) is 5.56 Å². The maximum atomic E-state index is 5.64. The van der Waals surface area contributed by atoms with Crippen LogP contribution in [-0.2, 0) is 6.42 Å². The van der Waals surface area contributed by atoms with Crippen molar-refractivity contribution in [2.24, 2.45) is 0 Å². The summed E-state index contributed by atoms with van der Waals surface area (Å²) >= 11 is 1.64. The number of hydrogen-bond donors (Lipinski definition) is 1. The third kappa shape index (κ3) is 1.70. The highest BCUT2D eigenvalue weighted by atomic mass is 32.1. The Balaban J connectivity index is 2.28. The van der Waals surface area contributed by atoms with Gasteiger partial charge in [0.1, 0.15) is 6.33 Å². The van der Waals surface area contributed by atoms with Gasteiger partial charge < -0.3 is 5.73 Å². The lowest BCUT2D eigenvalue weighted by atomic mass is 10.1. The Labute approximate surface area is 108 Å². The lowest BCUT2D eigenvalue weighted by Crippen LogP contribution is -1.95. The van der Waals surface area contributed by atoms with E-state index in [1.54, 1.807) is 23.9 Å². The number of anilines is 1. The molecule has 0 unspecified atom stereocenters. The van der Waals surface area contributed by atoms with Crippen LogP contribution in [0.15, 0.2) is 24.8 Å². The molecule has 0 radical (unpaired) electrons. The Kier molecular flexibility index (Phi) is 2.64. The molecular weight excluding hydrogens is 246 g/mol. The fourth-order valence-corrected chi connectivity index (χ4v) is 3.12. The summed E-state index contributed by atoms with van der Waals surface area (Å²) in [6.07, 6.45) is 5.98. The van der Waals surface area contributed by atoms with Crippen LogP contribution in [0.25, 0.3) is 20.8 Å². The molecule has 5 nitrogen and oxygen atoms in total. The van der Waals surface area contributed by atoms with Crippen LogP contribution in [0.4, 0.5) is 5.95 Å². The zero-order chi connectivity index (χ0) is 12.5. The van der Waals surface area contributed by atoms with E-state index >= 15 is 0 Å². The number of thiophene rings is 1. The lowest BCUT2D eigenvalue weighted by Gasteiger charge is -2.01. The van der Waals surface area contributed by atoms with Crippen molar-refractivity contribution in [1.29, 1.82) is 0 Å². The van der Waals surface area contributed by atoms with Crippen LogP contribution >= 0.6 is 11.3 Å². The highest BCUT2D eigenvalue weighted by Crippen LogP contribution is 2.36. The van der Waals surface area contributed by atoms with Crippen LogP contribution in [0.2, 0.25) is 0 Å². The molecule has 0 amide bonds. The van der Waals surface area contributed by atoms with Crippen molar-refractivity contribution in [3.8, 4) is 10.6 Å². The molecule has 0 saturated carbocycles. The summed E-state index contributed by atoms with van der Waals surface area (Å²) in [6.45, 7) is 2.11. The first-order chi connectivity index (χ1) is 8.79. The molecule has 90 valence electrons.